The molecule has 0 aliphatic carbocycles. The predicted molar refractivity (Wildman–Crippen MR) is 85.5 cm³/mol. The smallest absolute Gasteiger partial charge is 0.0450 e. The van der Waals surface area contributed by atoms with Gasteiger partial charge in [-0.25, -0.2) is 0 Å². The average molecular weight is 270 g/mol. The molecule has 1 aliphatic heterocycles. The first-order valence-electron chi connectivity index (χ1n) is 7.77. The van der Waals surface area contributed by atoms with E-state index in [9.17, 15) is 0 Å². The van der Waals surface area contributed by atoms with Crippen LogP contribution in [0.4, 0.5) is 0 Å². The molecule has 0 aromatic heterocycles. The zero-order valence-electron chi connectivity index (χ0n) is 12.7. The number of hydrogen-bond acceptors (Lipinski definition) is 2. The largest absolute Gasteiger partial charge is 0.307 e. The molecule has 1 heterocycles. The molecule has 2 rings (SSSR count). The third-order valence-electron chi connectivity index (χ3n) is 4.43. The number of nitrogens with one attached hydrogen (secondary N) is 1. The normalized spacial score (nSPS) is 25.1. The summed E-state index contributed by atoms with van der Waals surface area (Å²) in [4.78, 5) is 2.63. The zero-order valence-corrected chi connectivity index (χ0v) is 12.7. The fourth-order valence-corrected chi connectivity index (χ4v) is 3.19. The maximum Gasteiger partial charge on any atom is 0.0450 e. The molecule has 3 atom stereocenters. The van der Waals surface area contributed by atoms with Gasteiger partial charge in [0.05, 0.1) is 0 Å². The molecule has 2 heteroatoms. The van der Waals surface area contributed by atoms with Crippen LogP contribution in [0.3, 0.4) is 0 Å². The summed E-state index contributed by atoms with van der Waals surface area (Å²) < 4.78 is 0. The Balaban J connectivity index is 2.13. The number of piperazine rings is 1. The van der Waals surface area contributed by atoms with Crippen LogP contribution in [0.5, 0.6) is 0 Å². The van der Waals surface area contributed by atoms with Gasteiger partial charge in [0.1, 0.15) is 0 Å². The second kappa shape index (κ2) is 7.47. The average Bonchev–Trinajstić information content (AvgIpc) is 2.53. The van der Waals surface area contributed by atoms with Gasteiger partial charge in [-0.3, -0.25) is 4.90 Å². The minimum atomic E-state index is 0.422. The summed E-state index contributed by atoms with van der Waals surface area (Å²) in [6, 6.07) is 12.3. The van der Waals surface area contributed by atoms with E-state index in [0.717, 1.165) is 25.9 Å². The topological polar surface area (TPSA) is 15.3 Å². The molecule has 1 saturated heterocycles. The van der Waals surface area contributed by atoms with Crippen LogP contribution in [0.2, 0.25) is 0 Å². The first-order valence-corrected chi connectivity index (χ1v) is 7.77. The fourth-order valence-electron chi connectivity index (χ4n) is 3.19. The van der Waals surface area contributed by atoms with Crippen LogP contribution >= 0.6 is 0 Å². The minimum Gasteiger partial charge on any atom is -0.307 e. The molecule has 0 spiro atoms. The van der Waals surface area contributed by atoms with Gasteiger partial charge in [-0.05, 0) is 18.4 Å². The standard InChI is InChI=1S/C18H26N2/c1-4-10-16(5-2)20-14-18(19-13-17(20)6-3)15-11-8-7-9-12-15/h1,7-9,11-12,16-19H,5-6,10,13-14H2,2-3H3. The van der Waals surface area contributed by atoms with Gasteiger partial charge in [-0.2, -0.15) is 0 Å². The van der Waals surface area contributed by atoms with Gasteiger partial charge < -0.3 is 5.32 Å². The number of benzene rings is 1. The van der Waals surface area contributed by atoms with Crippen molar-refractivity contribution < 1.29 is 0 Å². The Kier molecular flexibility index (Phi) is 5.64. The quantitative estimate of drug-likeness (QED) is 0.827. The summed E-state index contributed by atoms with van der Waals surface area (Å²) in [5.74, 6) is 2.85. The first kappa shape index (κ1) is 15.1. The highest BCUT2D eigenvalue weighted by Gasteiger charge is 2.31. The van der Waals surface area contributed by atoms with Gasteiger partial charge in [0.2, 0.25) is 0 Å². The number of nitrogens with zero attached hydrogens (tertiary/aromatic N) is 1. The summed E-state index contributed by atoms with van der Waals surface area (Å²) in [5, 5.41) is 3.69. The van der Waals surface area contributed by atoms with Gasteiger partial charge >= 0.3 is 0 Å². The monoisotopic (exact) mass is 270 g/mol. The maximum atomic E-state index is 5.55. The third-order valence-corrected chi connectivity index (χ3v) is 4.43. The van der Waals surface area contributed by atoms with Gasteiger partial charge in [-0.1, -0.05) is 44.2 Å². The van der Waals surface area contributed by atoms with Crippen LogP contribution in [-0.4, -0.2) is 30.1 Å². The van der Waals surface area contributed by atoms with Crippen LogP contribution in [-0.2, 0) is 0 Å². The second-order valence-corrected chi connectivity index (χ2v) is 5.60. The van der Waals surface area contributed by atoms with E-state index in [0.29, 0.717) is 18.1 Å². The SMILES string of the molecule is C#CCC(CC)N1CC(c2ccccc2)NCC1CC. The number of hydrogen-bond donors (Lipinski definition) is 1. The van der Waals surface area contributed by atoms with Crippen molar-refractivity contribution in [1.29, 1.82) is 0 Å². The Morgan fingerprint density at radius 1 is 1.35 bits per heavy atom. The van der Waals surface area contributed by atoms with Crippen LogP contribution in [0.25, 0.3) is 0 Å². The molecule has 1 aliphatic rings. The van der Waals surface area contributed by atoms with E-state index in [-0.39, 0.29) is 0 Å². The highest BCUT2D eigenvalue weighted by atomic mass is 15.3. The lowest BCUT2D eigenvalue weighted by molar-refractivity contribution is 0.0781. The van der Waals surface area contributed by atoms with Crippen LogP contribution in [0.1, 0.15) is 44.7 Å². The van der Waals surface area contributed by atoms with Gasteiger partial charge in [-0.15, -0.1) is 12.3 Å². The molecule has 0 saturated carbocycles. The van der Waals surface area contributed by atoms with Crippen molar-refractivity contribution in [3.05, 3.63) is 35.9 Å². The molecule has 0 amide bonds. The van der Waals surface area contributed by atoms with E-state index in [1.807, 2.05) is 0 Å². The van der Waals surface area contributed by atoms with Gasteiger partial charge in [0, 0.05) is 37.6 Å². The highest BCUT2D eigenvalue weighted by molar-refractivity contribution is 5.20. The summed E-state index contributed by atoms with van der Waals surface area (Å²) in [5.41, 5.74) is 1.38. The molecule has 1 N–H and O–H groups in total. The van der Waals surface area contributed by atoms with Crippen molar-refractivity contribution >= 4 is 0 Å². The van der Waals surface area contributed by atoms with Crippen molar-refractivity contribution in [3.8, 4) is 12.3 Å². The minimum absolute atomic E-state index is 0.422. The van der Waals surface area contributed by atoms with Crippen molar-refractivity contribution in [3.63, 3.8) is 0 Å². The summed E-state index contributed by atoms with van der Waals surface area (Å²) in [7, 11) is 0. The van der Waals surface area contributed by atoms with E-state index >= 15 is 0 Å². The van der Waals surface area contributed by atoms with E-state index in [1.165, 1.54) is 12.0 Å². The lowest BCUT2D eigenvalue weighted by Gasteiger charge is -2.44. The van der Waals surface area contributed by atoms with E-state index in [4.69, 9.17) is 6.42 Å². The Hall–Kier alpha value is -1.30. The Labute approximate surface area is 123 Å². The fraction of sp³-hybridized carbons (Fsp3) is 0.556. The third kappa shape index (κ3) is 3.42. The van der Waals surface area contributed by atoms with Crippen molar-refractivity contribution in [2.45, 2.75) is 51.2 Å². The first-order chi connectivity index (χ1) is 9.80. The number of terminal acetylenes is 1. The Bertz CT molecular complexity index is 434. The van der Waals surface area contributed by atoms with E-state index in [2.05, 4.69) is 60.3 Å². The summed E-state index contributed by atoms with van der Waals surface area (Å²) >= 11 is 0. The molecular formula is C18H26N2. The molecule has 108 valence electrons. The Morgan fingerprint density at radius 2 is 2.10 bits per heavy atom. The maximum absolute atomic E-state index is 5.55. The summed E-state index contributed by atoms with van der Waals surface area (Å²) in [6.07, 6.45) is 8.71. The zero-order chi connectivity index (χ0) is 14.4. The molecule has 0 bridgehead atoms. The summed E-state index contributed by atoms with van der Waals surface area (Å²) in [6.45, 7) is 6.62. The van der Waals surface area contributed by atoms with E-state index < -0.39 is 0 Å². The second-order valence-electron chi connectivity index (χ2n) is 5.60. The number of rotatable bonds is 5. The molecule has 1 aromatic rings. The van der Waals surface area contributed by atoms with E-state index in [1.54, 1.807) is 0 Å². The highest BCUT2D eigenvalue weighted by Crippen LogP contribution is 2.25. The van der Waals surface area contributed by atoms with Crippen molar-refractivity contribution in [1.82, 2.24) is 10.2 Å². The molecule has 3 unspecified atom stereocenters. The molecule has 0 radical (unpaired) electrons. The lowest BCUT2D eigenvalue weighted by Crippen LogP contribution is -2.55. The van der Waals surface area contributed by atoms with Gasteiger partial charge in [0.15, 0.2) is 0 Å². The molecular weight excluding hydrogens is 244 g/mol. The van der Waals surface area contributed by atoms with Crippen LogP contribution < -0.4 is 5.32 Å². The lowest BCUT2D eigenvalue weighted by atomic mass is 9.97. The Morgan fingerprint density at radius 3 is 2.70 bits per heavy atom. The van der Waals surface area contributed by atoms with Crippen molar-refractivity contribution in [2.24, 2.45) is 0 Å². The van der Waals surface area contributed by atoms with Crippen LogP contribution in [0.15, 0.2) is 30.3 Å². The van der Waals surface area contributed by atoms with Gasteiger partial charge in [0.25, 0.3) is 0 Å². The van der Waals surface area contributed by atoms with Crippen molar-refractivity contribution in [2.75, 3.05) is 13.1 Å². The predicted octanol–water partition coefficient (Wildman–Crippen LogP) is 3.21. The molecule has 1 aromatic carbocycles. The van der Waals surface area contributed by atoms with Crippen LogP contribution in [0, 0.1) is 12.3 Å². The molecule has 2 nitrogen and oxygen atoms in total. The molecule has 1 fully saturated rings. The molecule has 20 heavy (non-hydrogen) atoms.